The van der Waals surface area contributed by atoms with E-state index in [-0.39, 0.29) is 5.97 Å². The summed E-state index contributed by atoms with van der Waals surface area (Å²) < 4.78 is 0. The van der Waals surface area contributed by atoms with Gasteiger partial charge in [-0.25, -0.2) is 0 Å². The third kappa shape index (κ3) is 21.9. The van der Waals surface area contributed by atoms with Crippen molar-refractivity contribution in [2.75, 3.05) is 13.1 Å². The van der Waals surface area contributed by atoms with Gasteiger partial charge in [0.25, 0.3) is 0 Å². The maximum absolute atomic E-state index is 12.0. The van der Waals surface area contributed by atoms with Gasteiger partial charge in [0.05, 0.1) is 0 Å². The number of carbonyl (C=O) groups excluding carboxylic acids is 1. The SMILES string of the molecule is CCCCCCCCCCCCCCCCCC(=O)ON(CCCC)CCCC. The Hall–Kier alpha value is -0.570. The molecule has 174 valence electrons. The van der Waals surface area contributed by atoms with Gasteiger partial charge in [0, 0.05) is 19.5 Å². The lowest BCUT2D eigenvalue weighted by atomic mass is 10.0. The highest BCUT2D eigenvalue weighted by Gasteiger charge is 2.10. The minimum absolute atomic E-state index is 0.0353. The van der Waals surface area contributed by atoms with Crippen molar-refractivity contribution in [2.24, 2.45) is 0 Å². The molecule has 0 rings (SSSR count). The number of nitrogens with zero attached hydrogens (tertiary/aromatic N) is 1. The summed E-state index contributed by atoms with van der Waals surface area (Å²) in [7, 11) is 0. The largest absolute Gasteiger partial charge is 0.368 e. The lowest BCUT2D eigenvalue weighted by Gasteiger charge is -2.20. The van der Waals surface area contributed by atoms with E-state index in [0.29, 0.717) is 6.42 Å². The number of unbranched alkanes of at least 4 members (excludes halogenated alkanes) is 16. The molecule has 3 nitrogen and oxygen atoms in total. The summed E-state index contributed by atoms with van der Waals surface area (Å²) in [5.41, 5.74) is 0. The molecule has 0 aromatic rings. The summed E-state index contributed by atoms with van der Waals surface area (Å²) in [5, 5.41) is 1.89. The Kier molecular flexibility index (Phi) is 23.2. The standard InChI is InChI=1S/C26H53NO2/c1-4-7-10-11-12-13-14-15-16-17-18-19-20-21-22-23-26(28)29-27(24-8-5-2)25-9-6-3/h4-25H2,1-3H3. The van der Waals surface area contributed by atoms with Gasteiger partial charge in [-0.1, -0.05) is 124 Å². The number of hydrogen-bond donors (Lipinski definition) is 0. The first-order valence-electron chi connectivity index (χ1n) is 13.2. The molecule has 0 radical (unpaired) electrons. The molecule has 0 aromatic heterocycles. The van der Waals surface area contributed by atoms with Crippen LogP contribution in [0.3, 0.4) is 0 Å². The Morgan fingerprint density at radius 3 is 1.24 bits per heavy atom. The normalized spacial score (nSPS) is 11.3. The summed E-state index contributed by atoms with van der Waals surface area (Å²) >= 11 is 0. The van der Waals surface area contributed by atoms with Crippen molar-refractivity contribution in [1.29, 1.82) is 0 Å². The average molecular weight is 412 g/mol. The zero-order chi connectivity index (χ0) is 21.4. The van der Waals surface area contributed by atoms with Crippen molar-refractivity contribution in [3.05, 3.63) is 0 Å². The van der Waals surface area contributed by atoms with Crippen molar-refractivity contribution < 1.29 is 9.63 Å². The van der Waals surface area contributed by atoms with Gasteiger partial charge in [0.1, 0.15) is 0 Å². The smallest absolute Gasteiger partial charge is 0.325 e. The first-order chi connectivity index (χ1) is 14.2. The Labute approximate surface area is 183 Å². The summed E-state index contributed by atoms with van der Waals surface area (Å²) in [4.78, 5) is 17.6. The molecule has 0 atom stereocenters. The third-order valence-electron chi connectivity index (χ3n) is 5.74. The van der Waals surface area contributed by atoms with Gasteiger partial charge < -0.3 is 4.84 Å². The van der Waals surface area contributed by atoms with Gasteiger partial charge in [-0.05, 0) is 19.3 Å². The predicted octanol–water partition coefficient (Wildman–Crippen LogP) is 8.61. The molecule has 0 bridgehead atoms. The molecule has 0 amide bonds. The van der Waals surface area contributed by atoms with E-state index in [9.17, 15) is 4.79 Å². The van der Waals surface area contributed by atoms with Crippen LogP contribution in [0.2, 0.25) is 0 Å². The third-order valence-corrected chi connectivity index (χ3v) is 5.74. The summed E-state index contributed by atoms with van der Waals surface area (Å²) in [6, 6.07) is 0. The van der Waals surface area contributed by atoms with E-state index in [4.69, 9.17) is 4.84 Å². The van der Waals surface area contributed by atoms with Crippen molar-refractivity contribution in [3.63, 3.8) is 0 Å². The van der Waals surface area contributed by atoms with Crippen LogP contribution >= 0.6 is 0 Å². The highest BCUT2D eigenvalue weighted by atomic mass is 16.7. The van der Waals surface area contributed by atoms with E-state index in [1.165, 1.54) is 83.5 Å². The second-order valence-corrected chi connectivity index (χ2v) is 8.80. The van der Waals surface area contributed by atoms with E-state index in [1.54, 1.807) is 0 Å². The van der Waals surface area contributed by atoms with Crippen molar-refractivity contribution in [3.8, 4) is 0 Å². The van der Waals surface area contributed by atoms with E-state index in [2.05, 4.69) is 20.8 Å². The first kappa shape index (κ1) is 28.4. The van der Waals surface area contributed by atoms with Crippen LogP contribution in [0.25, 0.3) is 0 Å². The van der Waals surface area contributed by atoms with E-state index in [0.717, 1.165) is 51.6 Å². The number of carbonyl (C=O) groups is 1. The molecule has 0 N–H and O–H groups in total. The zero-order valence-corrected chi connectivity index (χ0v) is 20.3. The van der Waals surface area contributed by atoms with E-state index >= 15 is 0 Å². The van der Waals surface area contributed by atoms with Gasteiger partial charge in [0.2, 0.25) is 0 Å². The molecule has 29 heavy (non-hydrogen) atoms. The molecule has 0 aliphatic rings. The molecule has 0 fully saturated rings. The van der Waals surface area contributed by atoms with E-state index < -0.39 is 0 Å². The molecule has 0 saturated heterocycles. The lowest BCUT2D eigenvalue weighted by Crippen LogP contribution is -2.29. The minimum atomic E-state index is -0.0353. The molecule has 0 aliphatic heterocycles. The van der Waals surface area contributed by atoms with Gasteiger partial charge in [0.15, 0.2) is 0 Å². The zero-order valence-electron chi connectivity index (χ0n) is 20.3. The topological polar surface area (TPSA) is 29.5 Å². The second-order valence-electron chi connectivity index (χ2n) is 8.80. The Morgan fingerprint density at radius 2 is 0.862 bits per heavy atom. The van der Waals surface area contributed by atoms with Gasteiger partial charge >= 0.3 is 5.97 Å². The van der Waals surface area contributed by atoms with Crippen molar-refractivity contribution in [1.82, 2.24) is 5.06 Å². The monoisotopic (exact) mass is 411 g/mol. The Balaban J connectivity index is 3.40. The molecule has 0 aromatic carbocycles. The van der Waals surface area contributed by atoms with E-state index in [1.807, 2.05) is 5.06 Å². The molecule has 0 heterocycles. The predicted molar refractivity (Wildman–Crippen MR) is 127 cm³/mol. The summed E-state index contributed by atoms with van der Waals surface area (Å²) in [5.74, 6) is -0.0353. The summed E-state index contributed by atoms with van der Waals surface area (Å²) in [6.45, 7) is 8.39. The lowest BCUT2D eigenvalue weighted by molar-refractivity contribution is -0.191. The number of rotatable bonds is 23. The molecular weight excluding hydrogens is 358 g/mol. The Morgan fingerprint density at radius 1 is 0.517 bits per heavy atom. The van der Waals surface area contributed by atoms with Crippen molar-refractivity contribution >= 4 is 5.97 Å². The van der Waals surface area contributed by atoms with Crippen LogP contribution < -0.4 is 0 Å². The van der Waals surface area contributed by atoms with Crippen LogP contribution in [0.1, 0.15) is 149 Å². The van der Waals surface area contributed by atoms with Crippen LogP contribution in [0.4, 0.5) is 0 Å². The van der Waals surface area contributed by atoms with Crippen LogP contribution in [0.5, 0.6) is 0 Å². The van der Waals surface area contributed by atoms with Gasteiger partial charge in [-0.15, -0.1) is 5.06 Å². The molecule has 3 heteroatoms. The second kappa shape index (κ2) is 23.7. The molecule has 0 unspecified atom stereocenters. The quantitative estimate of drug-likeness (QED) is 0.124. The highest BCUT2D eigenvalue weighted by Crippen LogP contribution is 2.14. The summed E-state index contributed by atoms with van der Waals surface area (Å²) in [6.07, 6.45) is 25.3. The van der Waals surface area contributed by atoms with Crippen LogP contribution in [0, 0.1) is 0 Å². The maximum atomic E-state index is 12.0. The fourth-order valence-electron chi connectivity index (χ4n) is 3.70. The average Bonchev–Trinajstić information content (AvgIpc) is 2.72. The molecular formula is C26H53NO2. The van der Waals surface area contributed by atoms with Crippen LogP contribution in [-0.4, -0.2) is 24.1 Å². The van der Waals surface area contributed by atoms with Crippen molar-refractivity contribution in [2.45, 2.75) is 149 Å². The molecule has 0 aliphatic carbocycles. The maximum Gasteiger partial charge on any atom is 0.325 e. The van der Waals surface area contributed by atoms with Gasteiger partial charge in [-0.2, -0.15) is 0 Å². The highest BCUT2D eigenvalue weighted by molar-refractivity contribution is 5.68. The number of hydrogen-bond acceptors (Lipinski definition) is 3. The Bertz CT molecular complexity index is 325. The van der Waals surface area contributed by atoms with Gasteiger partial charge in [-0.3, -0.25) is 4.79 Å². The molecule has 0 spiro atoms. The number of hydroxylamine groups is 2. The van der Waals surface area contributed by atoms with Crippen LogP contribution in [0.15, 0.2) is 0 Å². The molecule has 0 saturated carbocycles. The fourth-order valence-corrected chi connectivity index (χ4v) is 3.70. The van der Waals surface area contributed by atoms with Crippen LogP contribution in [-0.2, 0) is 9.63 Å². The minimum Gasteiger partial charge on any atom is -0.368 e. The fraction of sp³-hybridized carbons (Fsp3) is 0.962. The first-order valence-corrected chi connectivity index (χ1v) is 13.2.